The van der Waals surface area contributed by atoms with Crippen molar-refractivity contribution in [1.82, 2.24) is 20.1 Å². The molecule has 3 heterocycles. The molecule has 256 valence electrons. The monoisotopic (exact) mass is 665 g/mol. The first-order valence-electron chi connectivity index (χ1n) is 16.7. The van der Waals surface area contributed by atoms with E-state index in [0.717, 1.165) is 18.4 Å². The van der Waals surface area contributed by atoms with Crippen LogP contribution in [0.25, 0.3) is 6.08 Å². The zero-order chi connectivity index (χ0) is 34.8. The normalized spacial score (nSPS) is 15.3. The van der Waals surface area contributed by atoms with Crippen molar-refractivity contribution in [2.45, 2.75) is 65.1 Å². The summed E-state index contributed by atoms with van der Waals surface area (Å²) in [7, 11) is 0. The number of fused-ring (bicyclic) bond motifs is 1. The van der Waals surface area contributed by atoms with E-state index in [9.17, 15) is 19.2 Å². The minimum atomic E-state index is -0.625. The van der Waals surface area contributed by atoms with Crippen LogP contribution >= 0.6 is 0 Å². The fraction of sp³-hybridized carbons (Fsp3) is 0.351. The van der Waals surface area contributed by atoms with Gasteiger partial charge in [0.15, 0.2) is 0 Å². The number of nitrogens with one attached hydrogen (secondary N) is 2. The molecule has 4 N–H and O–H groups in total. The quantitative estimate of drug-likeness (QED) is 0.241. The highest BCUT2D eigenvalue weighted by Gasteiger charge is 2.35. The summed E-state index contributed by atoms with van der Waals surface area (Å²) in [6.07, 6.45) is 7.60. The van der Waals surface area contributed by atoms with Gasteiger partial charge in [-0.3, -0.25) is 24.3 Å². The number of benzene rings is 2. The van der Waals surface area contributed by atoms with E-state index in [1.54, 1.807) is 36.5 Å². The molecule has 1 unspecified atom stereocenters. The Morgan fingerprint density at radius 3 is 2.53 bits per heavy atom. The third-order valence-electron chi connectivity index (χ3n) is 8.32. The van der Waals surface area contributed by atoms with Crippen LogP contribution in [0, 0.1) is 0 Å². The van der Waals surface area contributed by atoms with Gasteiger partial charge in [-0.1, -0.05) is 50.2 Å². The Morgan fingerprint density at radius 2 is 1.78 bits per heavy atom. The van der Waals surface area contributed by atoms with Gasteiger partial charge in [-0.2, -0.15) is 0 Å². The first-order valence-corrected chi connectivity index (χ1v) is 16.7. The topological polar surface area (TPSA) is 159 Å². The number of carbonyl (C=O) groups is 4. The van der Waals surface area contributed by atoms with Crippen molar-refractivity contribution in [1.29, 1.82) is 0 Å². The molecule has 1 atom stereocenters. The number of ether oxygens (including phenoxy) is 1. The van der Waals surface area contributed by atoms with Crippen LogP contribution in [0.15, 0.2) is 77.6 Å². The first kappa shape index (κ1) is 34.8. The zero-order valence-electron chi connectivity index (χ0n) is 28.0. The smallest absolute Gasteiger partial charge is 0.410 e. The van der Waals surface area contributed by atoms with Crippen molar-refractivity contribution >= 4 is 47.1 Å². The van der Waals surface area contributed by atoms with E-state index in [-0.39, 0.29) is 37.3 Å². The molecule has 0 bridgehead atoms. The van der Waals surface area contributed by atoms with Gasteiger partial charge in [-0.05, 0) is 61.1 Å². The summed E-state index contributed by atoms with van der Waals surface area (Å²) < 4.78 is 5.45. The van der Waals surface area contributed by atoms with Crippen LogP contribution in [0.4, 0.5) is 16.2 Å². The van der Waals surface area contributed by atoms with Gasteiger partial charge >= 0.3 is 6.09 Å². The number of nitrogens with zero attached hydrogens (tertiary/aromatic N) is 4. The summed E-state index contributed by atoms with van der Waals surface area (Å²) in [6, 6.07) is 15.6. The second-order valence-corrected chi connectivity index (χ2v) is 12.2. The van der Waals surface area contributed by atoms with Crippen molar-refractivity contribution in [2.24, 2.45) is 10.7 Å². The fourth-order valence-corrected chi connectivity index (χ4v) is 5.95. The van der Waals surface area contributed by atoms with Gasteiger partial charge in [-0.15, -0.1) is 0 Å². The van der Waals surface area contributed by atoms with Gasteiger partial charge in [0.1, 0.15) is 18.5 Å². The lowest BCUT2D eigenvalue weighted by Crippen LogP contribution is -2.45. The highest BCUT2D eigenvalue weighted by Crippen LogP contribution is 2.29. The minimum Gasteiger partial charge on any atom is -0.445 e. The van der Waals surface area contributed by atoms with Crippen LogP contribution in [-0.4, -0.2) is 70.1 Å². The summed E-state index contributed by atoms with van der Waals surface area (Å²) in [5.74, 6) is -0.415. The highest BCUT2D eigenvalue weighted by molar-refractivity contribution is 6.08. The molecule has 49 heavy (non-hydrogen) atoms. The van der Waals surface area contributed by atoms with E-state index < -0.39 is 12.1 Å². The lowest BCUT2D eigenvalue weighted by atomic mass is 10.0. The lowest BCUT2D eigenvalue weighted by Gasteiger charge is -2.23. The Morgan fingerprint density at radius 1 is 1.00 bits per heavy atom. The van der Waals surface area contributed by atoms with Crippen molar-refractivity contribution in [2.75, 3.05) is 25.0 Å². The minimum absolute atomic E-state index is 0.0537. The van der Waals surface area contributed by atoms with Gasteiger partial charge in [0.05, 0.1) is 17.6 Å². The molecular formula is C37H43N7O5. The molecule has 12 heteroatoms. The molecule has 5 rings (SSSR count). The van der Waals surface area contributed by atoms with Gasteiger partial charge in [-0.25, -0.2) is 9.79 Å². The molecule has 1 aromatic heterocycles. The second kappa shape index (κ2) is 16.5. The molecule has 1 fully saturated rings. The Balaban J connectivity index is 1.19. The van der Waals surface area contributed by atoms with Crippen LogP contribution in [0.2, 0.25) is 0 Å². The predicted octanol–water partition coefficient (Wildman–Crippen LogP) is 5.18. The van der Waals surface area contributed by atoms with E-state index in [1.165, 1.54) is 11.1 Å². The molecule has 0 saturated carbocycles. The Kier molecular flexibility index (Phi) is 11.7. The molecule has 0 aliphatic carbocycles. The number of hydrogen-bond acceptors (Lipinski definition) is 8. The van der Waals surface area contributed by atoms with E-state index in [2.05, 4.69) is 20.6 Å². The molecule has 4 amide bonds. The summed E-state index contributed by atoms with van der Waals surface area (Å²) in [4.78, 5) is 64.4. The van der Waals surface area contributed by atoms with Gasteiger partial charge < -0.3 is 26.0 Å². The van der Waals surface area contributed by atoms with Crippen molar-refractivity contribution < 1.29 is 23.9 Å². The standard InChI is InChI=1S/C37H43N7O5/c1-3-14-43(15-4-2)36(47)29-18-27-12-13-28(19-31(27)42-33(38)20-29)34(45)41-30-17-26(21-39-23-30)22-40-35(46)32-11-8-16-44(32)37(48)49-24-25-9-6-5-7-10-25/h5-7,9-10,12-13,17-19,21,23,32H,3-4,8,11,14-16,20,22,24H2,1-2H3,(H2,38,42)(H,40,46)(H,41,45). The average Bonchev–Trinajstić information content (AvgIpc) is 3.54. The van der Waals surface area contributed by atoms with Crippen LogP contribution in [0.1, 0.15) is 73.0 Å². The maximum Gasteiger partial charge on any atom is 0.410 e. The van der Waals surface area contributed by atoms with Crippen molar-refractivity contribution in [3.63, 3.8) is 0 Å². The van der Waals surface area contributed by atoms with Crippen LogP contribution in [-0.2, 0) is 27.5 Å². The lowest BCUT2D eigenvalue weighted by molar-refractivity contribution is -0.127. The number of aromatic nitrogens is 1. The summed E-state index contributed by atoms with van der Waals surface area (Å²) in [5.41, 5.74) is 10.3. The van der Waals surface area contributed by atoms with Gasteiger partial charge in [0, 0.05) is 55.5 Å². The van der Waals surface area contributed by atoms with Crippen molar-refractivity contribution in [3.8, 4) is 0 Å². The molecule has 12 nitrogen and oxygen atoms in total. The molecule has 3 aromatic rings. The third-order valence-corrected chi connectivity index (χ3v) is 8.32. The number of pyridine rings is 1. The maximum absolute atomic E-state index is 13.3. The number of amides is 4. The number of amidine groups is 1. The Hall–Kier alpha value is -5.52. The number of nitrogens with two attached hydrogens (primary N) is 1. The zero-order valence-corrected chi connectivity index (χ0v) is 28.0. The second-order valence-electron chi connectivity index (χ2n) is 12.2. The SMILES string of the molecule is CCCN(CCC)C(=O)C1=Cc2ccc(C(=O)Nc3cncc(CNC(=O)C4CCCN4C(=O)OCc4ccccc4)c3)cc2N=C(N)C1. The van der Waals surface area contributed by atoms with Gasteiger partial charge in [0.25, 0.3) is 5.91 Å². The maximum atomic E-state index is 13.3. The van der Waals surface area contributed by atoms with Crippen LogP contribution in [0.5, 0.6) is 0 Å². The molecule has 0 spiro atoms. The average molecular weight is 666 g/mol. The Labute approximate surface area is 286 Å². The van der Waals surface area contributed by atoms with Gasteiger partial charge in [0.2, 0.25) is 11.8 Å². The molecule has 2 aliphatic heterocycles. The number of likely N-dealkylation sites (tertiary alicyclic amines) is 1. The van der Waals surface area contributed by atoms with E-state index in [0.29, 0.717) is 71.9 Å². The highest BCUT2D eigenvalue weighted by atomic mass is 16.6. The van der Waals surface area contributed by atoms with E-state index >= 15 is 0 Å². The molecule has 1 saturated heterocycles. The largest absolute Gasteiger partial charge is 0.445 e. The fourth-order valence-electron chi connectivity index (χ4n) is 5.95. The number of hydrogen-bond donors (Lipinski definition) is 3. The van der Waals surface area contributed by atoms with E-state index in [4.69, 9.17) is 10.5 Å². The molecule has 0 radical (unpaired) electrons. The third kappa shape index (κ3) is 9.10. The Bertz CT molecular complexity index is 1730. The first-order chi connectivity index (χ1) is 23.7. The summed E-state index contributed by atoms with van der Waals surface area (Å²) in [5, 5.41) is 5.74. The summed E-state index contributed by atoms with van der Waals surface area (Å²) >= 11 is 0. The van der Waals surface area contributed by atoms with E-state index in [1.807, 2.05) is 49.1 Å². The molecular weight excluding hydrogens is 622 g/mol. The number of rotatable bonds is 12. The number of carbonyl (C=O) groups excluding carboxylic acids is 4. The van der Waals surface area contributed by atoms with Crippen LogP contribution in [0.3, 0.4) is 0 Å². The number of aliphatic imine (C=N–C) groups is 1. The summed E-state index contributed by atoms with van der Waals surface area (Å²) in [6.45, 7) is 6.16. The van der Waals surface area contributed by atoms with Crippen molar-refractivity contribution in [3.05, 3.63) is 94.8 Å². The number of anilines is 1. The molecule has 2 aromatic carbocycles. The predicted molar refractivity (Wildman–Crippen MR) is 188 cm³/mol. The van der Waals surface area contributed by atoms with Crippen LogP contribution < -0.4 is 16.4 Å². The molecule has 2 aliphatic rings.